The molecule has 20 heavy (non-hydrogen) atoms. The van der Waals surface area contributed by atoms with Crippen LogP contribution in [0.3, 0.4) is 0 Å². The first-order chi connectivity index (χ1) is 9.45. The fraction of sp³-hybridized carbons (Fsp3) is 0.357. The Labute approximate surface area is 118 Å². The molecule has 6 heteroatoms. The summed E-state index contributed by atoms with van der Waals surface area (Å²) in [7, 11) is 0. The molecule has 2 N–H and O–H groups in total. The van der Waals surface area contributed by atoms with Crippen LogP contribution in [0.5, 0.6) is 0 Å². The molecule has 0 amide bonds. The normalized spacial score (nSPS) is 18.9. The van der Waals surface area contributed by atoms with Crippen LogP contribution >= 0.6 is 11.3 Å². The number of fused-ring (bicyclic) bond motifs is 1. The SMILES string of the molecule is NC1CCCc2sc(-c3cccc(C(F)(F)F)c3)nc21. The molecule has 1 unspecified atom stereocenters. The summed E-state index contributed by atoms with van der Waals surface area (Å²) in [5, 5.41) is 0.624. The van der Waals surface area contributed by atoms with Crippen molar-refractivity contribution in [1.29, 1.82) is 0 Å². The maximum absolute atomic E-state index is 12.7. The van der Waals surface area contributed by atoms with Crippen LogP contribution in [0.1, 0.15) is 35.0 Å². The number of rotatable bonds is 1. The van der Waals surface area contributed by atoms with Crippen molar-refractivity contribution in [1.82, 2.24) is 4.98 Å². The third-order valence-electron chi connectivity index (χ3n) is 3.43. The first kappa shape index (κ1) is 13.6. The lowest BCUT2D eigenvalue weighted by Crippen LogP contribution is -2.16. The van der Waals surface area contributed by atoms with Gasteiger partial charge in [0.15, 0.2) is 0 Å². The predicted octanol–water partition coefficient (Wildman–Crippen LogP) is 4.17. The van der Waals surface area contributed by atoms with Crippen molar-refractivity contribution in [3.63, 3.8) is 0 Å². The van der Waals surface area contributed by atoms with Crippen molar-refractivity contribution < 1.29 is 13.2 Å². The number of hydrogen-bond acceptors (Lipinski definition) is 3. The molecule has 0 saturated heterocycles. The quantitative estimate of drug-likeness (QED) is 0.858. The molecule has 106 valence electrons. The minimum Gasteiger partial charge on any atom is -0.323 e. The number of benzene rings is 1. The van der Waals surface area contributed by atoms with E-state index in [9.17, 15) is 13.2 Å². The van der Waals surface area contributed by atoms with Gasteiger partial charge in [0.1, 0.15) is 5.01 Å². The Bertz CT molecular complexity index is 634. The average Bonchev–Trinajstić information content (AvgIpc) is 2.83. The number of alkyl halides is 3. The van der Waals surface area contributed by atoms with Crippen LogP contribution in [0, 0.1) is 0 Å². The van der Waals surface area contributed by atoms with E-state index in [1.807, 2.05) is 0 Å². The van der Waals surface area contributed by atoms with Gasteiger partial charge in [0.05, 0.1) is 11.3 Å². The Morgan fingerprint density at radius 2 is 2.10 bits per heavy atom. The molecule has 0 radical (unpaired) electrons. The van der Waals surface area contributed by atoms with E-state index in [1.165, 1.54) is 17.4 Å². The summed E-state index contributed by atoms with van der Waals surface area (Å²) >= 11 is 1.45. The van der Waals surface area contributed by atoms with Crippen LogP contribution in [0.15, 0.2) is 24.3 Å². The molecular weight excluding hydrogens is 285 g/mol. The van der Waals surface area contributed by atoms with Crippen molar-refractivity contribution in [3.8, 4) is 10.6 Å². The third-order valence-corrected chi connectivity index (χ3v) is 4.61. The van der Waals surface area contributed by atoms with Crippen LogP contribution in [-0.2, 0) is 12.6 Å². The summed E-state index contributed by atoms with van der Waals surface area (Å²) < 4.78 is 38.2. The second-order valence-electron chi connectivity index (χ2n) is 4.90. The van der Waals surface area contributed by atoms with E-state index < -0.39 is 11.7 Å². The fourth-order valence-corrected chi connectivity index (χ4v) is 3.57. The second kappa shape index (κ2) is 4.86. The van der Waals surface area contributed by atoms with Gasteiger partial charge in [0.2, 0.25) is 0 Å². The Balaban J connectivity index is 2.02. The van der Waals surface area contributed by atoms with Gasteiger partial charge in [-0.15, -0.1) is 11.3 Å². The molecule has 1 aliphatic rings. The molecule has 1 aromatic heterocycles. The highest BCUT2D eigenvalue weighted by molar-refractivity contribution is 7.15. The van der Waals surface area contributed by atoms with E-state index in [1.54, 1.807) is 6.07 Å². The predicted molar refractivity (Wildman–Crippen MR) is 72.4 cm³/mol. The lowest BCUT2D eigenvalue weighted by molar-refractivity contribution is -0.137. The molecule has 2 aromatic rings. The maximum Gasteiger partial charge on any atom is 0.416 e. The van der Waals surface area contributed by atoms with E-state index in [4.69, 9.17) is 5.73 Å². The Hall–Kier alpha value is -1.40. The summed E-state index contributed by atoms with van der Waals surface area (Å²) in [5.41, 5.74) is 6.72. The van der Waals surface area contributed by atoms with E-state index >= 15 is 0 Å². The molecule has 3 rings (SSSR count). The molecule has 0 saturated carbocycles. The molecule has 1 atom stereocenters. The van der Waals surface area contributed by atoms with E-state index in [2.05, 4.69) is 4.98 Å². The zero-order chi connectivity index (χ0) is 14.3. The summed E-state index contributed by atoms with van der Waals surface area (Å²) in [6.07, 6.45) is -1.51. The number of aromatic nitrogens is 1. The number of nitrogens with two attached hydrogens (primary N) is 1. The number of aryl methyl sites for hydroxylation is 1. The average molecular weight is 298 g/mol. The van der Waals surface area contributed by atoms with Gasteiger partial charge < -0.3 is 5.73 Å². The minimum atomic E-state index is -4.33. The lowest BCUT2D eigenvalue weighted by atomic mass is 9.99. The zero-order valence-electron chi connectivity index (χ0n) is 10.6. The Morgan fingerprint density at radius 3 is 2.80 bits per heavy atom. The summed E-state index contributed by atoms with van der Waals surface area (Å²) in [4.78, 5) is 5.56. The van der Waals surface area contributed by atoms with Crippen LogP contribution in [0.4, 0.5) is 13.2 Å². The Kier molecular flexibility index (Phi) is 3.30. The van der Waals surface area contributed by atoms with Gasteiger partial charge in [-0.3, -0.25) is 0 Å². The molecule has 1 aromatic carbocycles. The molecular formula is C14H13F3N2S. The monoisotopic (exact) mass is 298 g/mol. The van der Waals surface area contributed by atoms with Crippen molar-refractivity contribution in [2.45, 2.75) is 31.5 Å². The summed E-state index contributed by atoms with van der Waals surface area (Å²) in [6.45, 7) is 0. The number of hydrogen-bond donors (Lipinski definition) is 1. The van der Waals surface area contributed by atoms with Crippen LogP contribution in [0.25, 0.3) is 10.6 Å². The van der Waals surface area contributed by atoms with Gasteiger partial charge in [-0.05, 0) is 31.4 Å². The molecule has 0 aliphatic heterocycles. The van der Waals surface area contributed by atoms with Gasteiger partial charge in [0.25, 0.3) is 0 Å². The Morgan fingerprint density at radius 1 is 1.30 bits per heavy atom. The maximum atomic E-state index is 12.7. The molecule has 0 fully saturated rings. The molecule has 0 spiro atoms. The van der Waals surface area contributed by atoms with Crippen molar-refractivity contribution in [2.75, 3.05) is 0 Å². The first-order valence-electron chi connectivity index (χ1n) is 6.38. The van der Waals surface area contributed by atoms with Crippen LogP contribution < -0.4 is 5.73 Å². The highest BCUT2D eigenvalue weighted by atomic mass is 32.1. The summed E-state index contributed by atoms with van der Waals surface area (Å²) in [5.74, 6) is 0. The van der Waals surface area contributed by atoms with Crippen LogP contribution in [0.2, 0.25) is 0 Å². The molecule has 2 nitrogen and oxygen atoms in total. The third kappa shape index (κ3) is 2.45. The number of thiazole rings is 1. The minimum absolute atomic E-state index is 0.0884. The molecule has 0 bridgehead atoms. The lowest BCUT2D eigenvalue weighted by Gasteiger charge is -2.15. The summed E-state index contributed by atoms with van der Waals surface area (Å²) in [6, 6.07) is 5.21. The highest BCUT2D eigenvalue weighted by Crippen LogP contribution is 2.38. The van der Waals surface area contributed by atoms with Gasteiger partial charge in [-0.1, -0.05) is 12.1 Å². The van der Waals surface area contributed by atoms with Gasteiger partial charge in [-0.25, -0.2) is 4.98 Å². The van der Waals surface area contributed by atoms with Crippen molar-refractivity contribution in [2.24, 2.45) is 5.73 Å². The van der Waals surface area contributed by atoms with E-state index in [0.29, 0.717) is 10.6 Å². The van der Waals surface area contributed by atoms with Gasteiger partial charge >= 0.3 is 6.18 Å². The smallest absolute Gasteiger partial charge is 0.323 e. The van der Waals surface area contributed by atoms with Gasteiger partial charge in [-0.2, -0.15) is 13.2 Å². The van der Waals surface area contributed by atoms with Crippen molar-refractivity contribution >= 4 is 11.3 Å². The largest absolute Gasteiger partial charge is 0.416 e. The van der Waals surface area contributed by atoms with Crippen LogP contribution in [-0.4, -0.2) is 4.98 Å². The topological polar surface area (TPSA) is 38.9 Å². The van der Waals surface area contributed by atoms with Crippen molar-refractivity contribution in [3.05, 3.63) is 40.4 Å². The number of halogens is 3. The van der Waals surface area contributed by atoms with E-state index in [0.717, 1.165) is 42.0 Å². The standard InChI is InChI=1S/C14H13F3N2S/c15-14(16,17)9-4-1-3-8(7-9)13-19-12-10(18)5-2-6-11(12)20-13/h1,3-4,7,10H,2,5-6,18H2. The first-order valence-corrected chi connectivity index (χ1v) is 7.19. The number of nitrogens with zero attached hydrogens (tertiary/aromatic N) is 1. The zero-order valence-corrected chi connectivity index (χ0v) is 11.4. The molecule has 1 heterocycles. The molecule has 1 aliphatic carbocycles. The van der Waals surface area contributed by atoms with E-state index in [-0.39, 0.29) is 6.04 Å². The highest BCUT2D eigenvalue weighted by Gasteiger charge is 2.31. The van der Waals surface area contributed by atoms with Gasteiger partial charge in [0, 0.05) is 16.5 Å². The second-order valence-corrected chi connectivity index (χ2v) is 5.99. The fourth-order valence-electron chi connectivity index (χ4n) is 2.40.